The van der Waals surface area contributed by atoms with Gasteiger partial charge in [-0.3, -0.25) is 14.5 Å². The summed E-state index contributed by atoms with van der Waals surface area (Å²) in [6, 6.07) is 10.1. The molecule has 0 saturated carbocycles. The number of carbonyl (C=O) groups is 2. The van der Waals surface area contributed by atoms with Crippen LogP contribution in [0.3, 0.4) is 0 Å². The molecule has 3 unspecified atom stereocenters. The van der Waals surface area contributed by atoms with Crippen molar-refractivity contribution in [1.29, 1.82) is 0 Å². The molecule has 3 aliphatic rings. The molecule has 2 N–H and O–H groups in total. The highest BCUT2D eigenvalue weighted by atomic mass is 16.1. The first-order valence-electron chi connectivity index (χ1n) is 13.7. The minimum absolute atomic E-state index is 0.0182. The Labute approximate surface area is 215 Å². The molecule has 0 radical (unpaired) electrons. The van der Waals surface area contributed by atoms with Gasteiger partial charge in [-0.25, -0.2) is 4.98 Å². The number of carbonyl (C=O) groups excluding carboxylic acids is 2. The van der Waals surface area contributed by atoms with Crippen LogP contribution in [-0.2, 0) is 28.2 Å². The molecule has 4 atom stereocenters. The Balaban J connectivity index is 1.56. The van der Waals surface area contributed by atoms with E-state index in [1.165, 1.54) is 11.4 Å². The van der Waals surface area contributed by atoms with E-state index in [0.717, 1.165) is 63.7 Å². The maximum atomic E-state index is 13.9. The zero-order valence-electron chi connectivity index (χ0n) is 22.2. The highest BCUT2D eigenvalue weighted by molar-refractivity contribution is 5.90. The van der Waals surface area contributed by atoms with Gasteiger partial charge in [-0.05, 0) is 43.6 Å². The van der Waals surface area contributed by atoms with E-state index in [1.54, 1.807) is 6.92 Å². The van der Waals surface area contributed by atoms with Crippen molar-refractivity contribution in [2.75, 3.05) is 13.1 Å². The van der Waals surface area contributed by atoms with Crippen LogP contribution in [0.5, 0.6) is 0 Å². The van der Waals surface area contributed by atoms with Crippen LogP contribution in [0.2, 0.25) is 0 Å². The normalized spacial score (nSPS) is 28.6. The first kappa shape index (κ1) is 25.2. The predicted molar refractivity (Wildman–Crippen MR) is 140 cm³/mol. The Kier molecular flexibility index (Phi) is 6.81. The number of rotatable bonds is 8. The first-order valence-corrected chi connectivity index (χ1v) is 13.7. The lowest BCUT2D eigenvalue weighted by Crippen LogP contribution is -2.65. The number of nitrogens with one attached hydrogen (secondary N) is 2. The smallest absolute Gasteiger partial charge is 0.217 e. The average molecular weight is 492 g/mol. The van der Waals surface area contributed by atoms with Crippen molar-refractivity contribution in [3.05, 3.63) is 53.6 Å². The summed E-state index contributed by atoms with van der Waals surface area (Å²) in [7, 11) is 0. The van der Waals surface area contributed by atoms with Crippen LogP contribution in [-0.4, -0.2) is 44.8 Å². The predicted octanol–water partition coefficient (Wildman–Crippen LogP) is 3.94. The SMILES string of the molecule is CC(=O)NC(CCN1C2(C(=O)C(C)C)CCC(C)[C@]1(n1cnc3c1CNCC3)CC2)c1ccccc1. The fourth-order valence-corrected chi connectivity index (χ4v) is 7.37. The highest BCUT2D eigenvalue weighted by Crippen LogP contribution is 2.57. The summed E-state index contributed by atoms with van der Waals surface area (Å²) < 4.78 is 2.43. The monoisotopic (exact) mass is 491 g/mol. The van der Waals surface area contributed by atoms with Crippen molar-refractivity contribution < 1.29 is 9.59 Å². The molecule has 2 fully saturated rings. The molecule has 3 aliphatic heterocycles. The molecular formula is C29H41N5O2. The summed E-state index contributed by atoms with van der Waals surface area (Å²) >= 11 is 0. The van der Waals surface area contributed by atoms with Crippen molar-refractivity contribution >= 4 is 11.7 Å². The largest absolute Gasteiger partial charge is 0.349 e. The Morgan fingerprint density at radius 2 is 1.97 bits per heavy atom. The molecule has 2 saturated heterocycles. The number of Topliss-reactive ketones (excluding diaryl/α,β-unsaturated/α-hetero) is 1. The standard InChI is InChI=1S/C29H41N5O2/c1-20(2)27(36)28-13-10-21(3)29(15-14-28,33-19-31-25-11-16-30-18-26(25)33)34(28)17-12-24(32-22(4)35)23-8-6-5-7-9-23/h5-9,19-21,24,30H,10-18H2,1-4H3,(H,32,35)/t21?,24?,28?,29-/m0/s1. The molecular weight excluding hydrogens is 450 g/mol. The average Bonchev–Trinajstić information content (AvgIpc) is 3.41. The molecule has 2 bridgehead atoms. The summed E-state index contributed by atoms with van der Waals surface area (Å²) in [5, 5.41) is 6.72. The van der Waals surface area contributed by atoms with Gasteiger partial charge in [0.15, 0.2) is 5.78 Å². The van der Waals surface area contributed by atoms with Crippen LogP contribution < -0.4 is 10.6 Å². The van der Waals surface area contributed by atoms with E-state index in [9.17, 15) is 9.59 Å². The number of aromatic nitrogens is 2. The quantitative estimate of drug-likeness (QED) is 0.585. The maximum absolute atomic E-state index is 13.9. The van der Waals surface area contributed by atoms with Crippen molar-refractivity contribution in [3.63, 3.8) is 0 Å². The molecule has 5 rings (SSSR count). The molecule has 2 aromatic rings. The molecule has 1 aromatic carbocycles. The third-order valence-electron chi connectivity index (χ3n) is 9.08. The van der Waals surface area contributed by atoms with Gasteiger partial charge < -0.3 is 15.2 Å². The summed E-state index contributed by atoms with van der Waals surface area (Å²) in [5.41, 5.74) is 2.83. The topological polar surface area (TPSA) is 79.3 Å². The van der Waals surface area contributed by atoms with E-state index in [2.05, 4.69) is 39.2 Å². The van der Waals surface area contributed by atoms with E-state index in [4.69, 9.17) is 4.98 Å². The van der Waals surface area contributed by atoms with E-state index in [-0.39, 0.29) is 23.5 Å². The third-order valence-corrected chi connectivity index (χ3v) is 9.08. The van der Waals surface area contributed by atoms with Gasteiger partial charge in [0.25, 0.3) is 0 Å². The van der Waals surface area contributed by atoms with E-state index in [0.29, 0.717) is 11.7 Å². The summed E-state index contributed by atoms with van der Waals surface area (Å²) in [5.74, 6) is 0.704. The van der Waals surface area contributed by atoms with Gasteiger partial charge >= 0.3 is 0 Å². The van der Waals surface area contributed by atoms with Crippen molar-refractivity contribution in [3.8, 4) is 0 Å². The summed E-state index contributed by atoms with van der Waals surface area (Å²) in [6.07, 6.45) is 7.50. The Hall–Kier alpha value is -2.51. The van der Waals surface area contributed by atoms with Crippen molar-refractivity contribution in [2.45, 2.75) is 90.0 Å². The molecule has 1 amide bonds. The fraction of sp³-hybridized carbons (Fsp3) is 0.621. The number of piperidine rings is 1. The molecule has 4 heterocycles. The van der Waals surface area contributed by atoms with Crippen LogP contribution in [0.25, 0.3) is 0 Å². The lowest BCUT2D eigenvalue weighted by molar-refractivity contribution is -0.149. The molecule has 1 aromatic heterocycles. The number of fused-ring (bicyclic) bond motifs is 3. The molecule has 0 aliphatic carbocycles. The zero-order valence-corrected chi connectivity index (χ0v) is 22.2. The lowest BCUT2D eigenvalue weighted by Gasteiger charge is -2.55. The van der Waals surface area contributed by atoms with Crippen LogP contribution in [0.1, 0.15) is 82.8 Å². The summed E-state index contributed by atoms with van der Waals surface area (Å²) in [4.78, 5) is 33.5. The van der Waals surface area contributed by atoms with Crippen LogP contribution in [0.4, 0.5) is 0 Å². The highest BCUT2D eigenvalue weighted by Gasteiger charge is 2.64. The minimum atomic E-state index is -0.461. The second-order valence-electron chi connectivity index (χ2n) is 11.4. The fourth-order valence-electron chi connectivity index (χ4n) is 7.37. The Morgan fingerprint density at radius 3 is 2.69 bits per heavy atom. The van der Waals surface area contributed by atoms with Gasteiger partial charge in [0.05, 0.1) is 29.3 Å². The van der Waals surface area contributed by atoms with Crippen molar-refractivity contribution in [1.82, 2.24) is 25.1 Å². The van der Waals surface area contributed by atoms with Crippen molar-refractivity contribution in [2.24, 2.45) is 11.8 Å². The maximum Gasteiger partial charge on any atom is 0.217 e. The number of hydrogen-bond donors (Lipinski definition) is 2. The number of ketones is 1. The molecule has 0 spiro atoms. The van der Waals surface area contributed by atoms with Gasteiger partial charge in [-0.1, -0.05) is 51.1 Å². The number of benzene rings is 1. The Bertz CT molecular complexity index is 1110. The lowest BCUT2D eigenvalue weighted by atomic mass is 9.75. The second kappa shape index (κ2) is 9.75. The van der Waals surface area contributed by atoms with Gasteiger partial charge in [0.2, 0.25) is 5.91 Å². The number of nitrogens with zero attached hydrogens (tertiary/aromatic N) is 3. The van der Waals surface area contributed by atoms with Gasteiger partial charge in [0, 0.05) is 38.9 Å². The van der Waals surface area contributed by atoms with E-state index >= 15 is 0 Å². The van der Waals surface area contributed by atoms with Crippen LogP contribution in [0, 0.1) is 11.8 Å². The molecule has 194 valence electrons. The molecule has 7 heteroatoms. The van der Waals surface area contributed by atoms with Gasteiger partial charge in [0.1, 0.15) is 5.66 Å². The van der Waals surface area contributed by atoms with Crippen LogP contribution in [0.15, 0.2) is 36.7 Å². The van der Waals surface area contributed by atoms with Crippen LogP contribution >= 0.6 is 0 Å². The number of hydrogen-bond acceptors (Lipinski definition) is 5. The minimum Gasteiger partial charge on any atom is -0.349 e. The van der Waals surface area contributed by atoms with Gasteiger partial charge in [-0.2, -0.15) is 0 Å². The molecule has 7 nitrogen and oxygen atoms in total. The Morgan fingerprint density at radius 1 is 1.19 bits per heavy atom. The molecule has 36 heavy (non-hydrogen) atoms. The van der Waals surface area contributed by atoms with E-state index < -0.39 is 5.54 Å². The zero-order chi connectivity index (χ0) is 25.5. The first-order chi connectivity index (χ1) is 17.3. The third kappa shape index (κ3) is 4.01. The number of imidazole rings is 1. The van der Waals surface area contributed by atoms with Gasteiger partial charge in [-0.15, -0.1) is 0 Å². The van der Waals surface area contributed by atoms with E-state index in [1.807, 2.05) is 38.4 Å². The summed E-state index contributed by atoms with van der Waals surface area (Å²) in [6.45, 7) is 10.5. The number of amides is 1. The second-order valence-corrected chi connectivity index (χ2v) is 11.4.